The van der Waals surface area contributed by atoms with Gasteiger partial charge in [0, 0.05) is 24.4 Å². The lowest BCUT2D eigenvalue weighted by Crippen LogP contribution is -2.29. The smallest absolute Gasteiger partial charge is 0.134 e. The van der Waals surface area contributed by atoms with Crippen molar-refractivity contribution in [2.75, 3.05) is 6.61 Å². The number of rotatable bonds is 7. The third-order valence-electron chi connectivity index (χ3n) is 3.07. The van der Waals surface area contributed by atoms with E-state index in [1.54, 1.807) is 12.5 Å². The highest BCUT2D eigenvalue weighted by molar-refractivity contribution is 5.06. The topological polar surface area (TPSA) is 61.3 Å². The van der Waals surface area contributed by atoms with E-state index >= 15 is 0 Å². The lowest BCUT2D eigenvalue weighted by atomic mass is 10.1. The van der Waals surface area contributed by atoms with Crippen molar-refractivity contribution in [3.05, 3.63) is 54.2 Å². The average Bonchev–Trinajstić information content (AvgIpc) is 2.98. The first-order valence-electron chi connectivity index (χ1n) is 6.61. The highest BCUT2D eigenvalue weighted by atomic mass is 16.5. The second-order valence-corrected chi connectivity index (χ2v) is 4.45. The molecule has 2 heterocycles. The van der Waals surface area contributed by atoms with Crippen LogP contribution >= 0.6 is 0 Å². The molecule has 2 aromatic heterocycles. The summed E-state index contributed by atoms with van der Waals surface area (Å²) in [6.07, 6.45) is 4.86. The van der Waals surface area contributed by atoms with E-state index in [-0.39, 0.29) is 12.1 Å². The number of ether oxygens (including phenoxy) is 1. The van der Waals surface area contributed by atoms with Crippen molar-refractivity contribution in [3.63, 3.8) is 0 Å². The van der Waals surface area contributed by atoms with Crippen LogP contribution < -0.4 is 5.73 Å². The Balaban J connectivity index is 1.90. The van der Waals surface area contributed by atoms with Gasteiger partial charge in [0.2, 0.25) is 0 Å². The molecule has 0 aliphatic heterocycles. The minimum atomic E-state index is -0.191. The van der Waals surface area contributed by atoms with E-state index < -0.39 is 0 Å². The molecule has 2 unspecified atom stereocenters. The predicted octanol–water partition coefficient (Wildman–Crippen LogP) is 2.71. The number of hydrogen-bond acceptors (Lipinski definition) is 4. The van der Waals surface area contributed by atoms with Gasteiger partial charge in [-0.2, -0.15) is 0 Å². The molecule has 0 aliphatic rings. The summed E-state index contributed by atoms with van der Waals surface area (Å²) >= 11 is 0. The van der Waals surface area contributed by atoms with Gasteiger partial charge >= 0.3 is 0 Å². The summed E-state index contributed by atoms with van der Waals surface area (Å²) in [5, 5.41) is 0. The Kier molecular flexibility index (Phi) is 5.12. The zero-order chi connectivity index (χ0) is 13.5. The van der Waals surface area contributed by atoms with Gasteiger partial charge in [-0.05, 0) is 30.7 Å². The first-order chi connectivity index (χ1) is 9.31. The third kappa shape index (κ3) is 3.91. The zero-order valence-corrected chi connectivity index (χ0v) is 11.2. The van der Waals surface area contributed by atoms with Crippen LogP contribution in [0.5, 0.6) is 0 Å². The van der Waals surface area contributed by atoms with Crippen molar-refractivity contribution < 1.29 is 9.15 Å². The molecule has 0 saturated heterocycles. The molecule has 0 bridgehead atoms. The summed E-state index contributed by atoms with van der Waals surface area (Å²) in [6.45, 7) is 2.62. The number of nitrogens with two attached hydrogens (primary N) is 1. The number of furan rings is 1. The van der Waals surface area contributed by atoms with E-state index in [1.165, 1.54) is 0 Å². The van der Waals surface area contributed by atoms with E-state index in [9.17, 15) is 0 Å². The number of nitrogens with zero attached hydrogens (tertiary/aromatic N) is 1. The molecule has 2 aromatic rings. The molecule has 0 radical (unpaired) electrons. The average molecular weight is 260 g/mol. The van der Waals surface area contributed by atoms with E-state index in [0.717, 1.165) is 24.3 Å². The third-order valence-corrected chi connectivity index (χ3v) is 3.07. The van der Waals surface area contributed by atoms with Crippen LogP contribution in [-0.2, 0) is 11.2 Å². The Morgan fingerprint density at radius 2 is 2.21 bits per heavy atom. The van der Waals surface area contributed by atoms with E-state index in [4.69, 9.17) is 14.9 Å². The molecule has 2 atom stereocenters. The highest BCUT2D eigenvalue weighted by Crippen LogP contribution is 2.22. The molecule has 2 rings (SSSR count). The van der Waals surface area contributed by atoms with Crippen LogP contribution in [0.15, 0.2) is 47.2 Å². The molecule has 0 spiro atoms. The second-order valence-electron chi connectivity index (χ2n) is 4.45. The van der Waals surface area contributed by atoms with Gasteiger partial charge in [0.05, 0.1) is 12.9 Å². The normalized spacial score (nSPS) is 14.2. The molecule has 102 valence electrons. The van der Waals surface area contributed by atoms with Crippen molar-refractivity contribution in [2.45, 2.75) is 31.9 Å². The van der Waals surface area contributed by atoms with Gasteiger partial charge in [0.1, 0.15) is 11.9 Å². The summed E-state index contributed by atoms with van der Waals surface area (Å²) in [4.78, 5) is 4.27. The SMILES string of the molecule is CCC(N)C(OCCc1ccccn1)c1ccco1. The van der Waals surface area contributed by atoms with Gasteiger partial charge in [-0.3, -0.25) is 4.98 Å². The summed E-state index contributed by atoms with van der Waals surface area (Å²) in [7, 11) is 0. The van der Waals surface area contributed by atoms with Crippen molar-refractivity contribution in [3.8, 4) is 0 Å². The maximum Gasteiger partial charge on any atom is 0.134 e. The predicted molar refractivity (Wildman–Crippen MR) is 73.6 cm³/mol. The molecule has 0 amide bonds. The first-order valence-corrected chi connectivity index (χ1v) is 6.61. The Morgan fingerprint density at radius 3 is 2.84 bits per heavy atom. The Bertz CT molecular complexity index is 456. The molecule has 0 aromatic carbocycles. The van der Waals surface area contributed by atoms with Gasteiger partial charge in [0.15, 0.2) is 0 Å². The van der Waals surface area contributed by atoms with Crippen molar-refractivity contribution in [2.24, 2.45) is 5.73 Å². The van der Waals surface area contributed by atoms with Crippen LogP contribution in [0.25, 0.3) is 0 Å². The quantitative estimate of drug-likeness (QED) is 0.831. The van der Waals surface area contributed by atoms with Crippen molar-refractivity contribution in [1.29, 1.82) is 0 Å². The van der Waals surface area contributed by atoms with E-state index in [0.29, 0.717) is 6.61 Å². The van der Waals surface area contributed by atoms with Gasteiger partial charge in [-0.25, -0.2) is 0 Å². The minimum absolute atomic E-state index is 0.0603. The molecule has 0 fully saturated rings. The number of hydrogen-bond donors (Lipinski definition) is 1. The van der Waals surface area contributed by atoms with Crippen LogP contribution in [0.4, 0.5) is 0 Å². The fourth-order valence-electron chi connectivity index (χ4n) is 1.92. The standard InChI is InChI=1S/C15H20N2O2/c1-2-13(16)15(14-7-5-10-18-14)19-11-8-12-6-3-4-9-17-12/h3-7,9-10,13,15H,2,8,11,16H2,1H3. The van der Waals surface area contributed by atoms with Gasteiger partial charge in [0.25, 0.3) is 0 Å². The molecule has 0 aliphatic carbocycles. The fourth-order valence-corrected chi connectivity index (χ4v) is 1.92. The minimum Gasteiger partial charge on any atom is -0.467 e. The molecule has 2 N–H and O–H groups in total. The summed E-state index contributed by atoms with van der Waals surface area (Å²) in [5.74, 6) is 0.787. The Labute approximate surface area is 113 Å². The zero-order valence-electron chi connectivity index (χ0n) is 11.2. The van der Waals surface area contributed by atoms with Crippen molar-refractivity contribution >= 4 is 0 Å². The van der Waals surface area contributed by atoms with Crippen LogP contribution in [0.2, 0.25) is 0 Å². The molecular formula is C15H20N2O2. The maximum atomic E-state index is 6.09. The Hall–Kier alpha value is -1.65. The highest BCUT2D eigenvalue weighted by Gasteiger charge is 2.21. The lowest BCUT2D eigenvalue weighted by Gasteiger charge is -2.21. The second kappa shape index (κ2) is 7.07. The fraction of sp³-hybridized carbons (Fsp3) is 0.400. The largest absolute Gasteiger partial charge is 0.467 e. The summed E-state index contributed by atoms with van der Waals surface area (Å²) < 4.78 is 11.3. The summed E-state index contributed by atoms with van der Waals surface area (Å²) in [5.41, 5.74) is 7.11. The van der Waals surface area contributed by atoms with Crippen LogP contribution in [0.1, 0.15) is 30.9 Å². The first kappa shape index (κ1) is 13.8. The summed E-state index contributed by atoms with van der Waals surface area (Å²) in [6, 6.07) is 9.57. The van der Waals surface area contributed by atoms with Gasteiger partial charge in [-0.1, -0.05) is 13.0 Å². The molecular weight excluding hydrogens is 240 g/mol. The monoisotopic (exact) mass is 260 g/mol. The molecule has 19 heavy (non-hydrogen) atoms. The number of aromatic nitrogens is 1. The maximum absolute atomic E-state index is 6.09. The lowest BCUT2D eigenvalue weighted by molar-refractivity contribution is 0.0206. The van der Waals surface area contributed by atoms with Crippen LogP contribution in [0, 0.1) is 0 Å². The van der Waals surface area contributed by atoms with Gasteiger partial charge in [-0.15, -0.1) is 0 Å². The number of pyridine rings is 1. The van der Waals surface area contributed by atoms with Crippen LogP contribution in [-0.4, -0.2) is 17.6 Å². The molecule has 4 heteroatoms. The van der Waals surface area contributed by atoms with E-state index in [2.05, 4.69) is 4.98 Å². The van der Waals surface area contributed by atoms with E-state index in [1.807, 2.05) is 37.3 Å². The van der Waals surface area contributed by atoms with Crippen molar-refractivity contribution in [1.82, 2.24) is 4.98 Å². The van der Waals surface area contributed by atoms with Crippen LogP contribution in [0.3, 0.4) is 0 Å². The van der Waals surface area contributed by atoms with Gasteiger partial charge < -0.3 is 14.9 Å². The Morgan fingerprint density at radius 1 is 1.32 bits per heavy atom. The molecule has 4 nitrogen and oxygen atoms in total. The molecule has 0 saturated carbocycles.